The van der Waals surface area contributed by atoms with E-state index in [1.54, 1.807) is 32.1 Å². The van der Waals surface area contributed by atoms with Gasteiger partial charge in [0, 0.05) is 11.8 Å². The molecule has 0 spiro atoms. The molecule has 0 fully saturated rings. The second kappa shape index (κ2) is 11.2. The first-order valence-electron chi connectivity index (χ1n) is 10.00. The first-order chi connectivity index (χ1) is 15.0. The highest BCUT2D eigenvalue weighted by Gasteiger charge is 2.37. The number of halogens is 1. The lowest BCUT2D eigenvalue weighted by molar-refractivity contribution is -0.137. The van der Waals surface area contributed by atoms with Crippen molar-refractivity contribution in [3.05, 3.63) is 76.0 Å². The molecule has 1 aliphatic heterocycles. The number of hydrazone groups is 1. The van der Waals surface area contributed by atoms with Crippen LogP contribution in [0.3, 0.4) is 0 Å². The molecule has 0 unspecified atom stereocenters. The van der Waals surface area contributed by atoms with Gasteiger partial charge in [-0.3, -0.25) is 0 Å². The molecule has 0 aromatic heterocycles. The second-order valence-electron chi connectivity index (χ2n) is 6.12. The number of esters is 1. The average molecular weight is 443 g/mol. The maximum atomic E-state index is 12.7. The van der Waals surface area contributed by atoms with Crippen LogP contribution in [0.25, 0.3) is 11.5 Å². The van der Waals surface area contributed by atoms with E-state index in [1.165, 1.54) is 18.3 Å². The van der Waals surface area contributed by atoms with Crippen LogP contribution in [0.15, 0.2) is 59.3 Å². The summed E-state index contributed by atoms with van der Waals surface area (Å²) in [5.41, 5.74) is 2.49. The number of carbonyl (C=O) groups is 1. The molecule has 164 valence electrons. The van der Waals surface area contributed by atoms with Crippen LogP contribution in [0, 0.1) is 0 Å². The second-order valence-corrected chi connectivity index (χ2v) is 6.53. The summed E-state index contributed by atoms with van der Waals surface area (Å²) in [7, 11) is 1.29. The summed E-state index contributed by atoms with van der Waals surface area (Å²) in [5.74, 6) is -0.477. The standard InChI is InChI=1S/C22H21ClN2O4.C2H6/c1-4-17-18-15(11-12-16(23)20(18)26)21(29-13-14-9-7-6-8-10-14)19(22(27)28-3)25(17)24-5-2;1-2/h4-12,26H,13H2,1-3H3;1-2H3/b17-4+,24-5-;. The van der Waals surface area contributed by atoms with Gasteiger partial charge >= 0.3 is 5.97 Å². The van der Waals surface area contributed by atoms with Gasteiger partial charge in [-0.25, -0.2) is 9.80 Å². The molecule has 2 aromatic rings. The van der Waals surface area contributed by atoms with E-state index >= 15 is 0 Å². The zero-order valence-electron chi connectivity index (χ0n) is 18.3. The first-order valence-corrected chi connectivity index (χ1v) is 10.4. The third-order valence-corrected chi connectivity index (χ3v) is 4.70. The number of carbonyl (C=O) groups excluding carboxylic acids is 1. The average Bonchev–Trinajstić information content (AvgIpc) is 2.81. The van der Waals surface area contributed by atoms with Crippen LogP contribution >= 0.6 is 11.6 Å². The summed E-state index contributed by atoms with van der Waals surface area (Å²) in [6, 6.07) is 12.8. The third-order valence-electron chi connectivity index (χ3n) is 4.39. The lowest BCUT2D eigenvalue weighted by Crippen LogP contribution is -2.29. The normalized spacial score (nSPS) is 14.3. The third kappa shape index (κ3) is 4.91. The minimum absolute atomic E-state index is 0.113. The van der Waals surface area contributed by atoms with Gasteiger partial charge in [0.05, 0.1) is 23.4 Å². The van der Waals surface area contributed by atoms with Crippen LogP contribution in [0.2, 0.25) is 5.02 Å². The predicted molar refractivity (Wildman–Crippen MR) is 124 cm³/mol. The van der Waals surface area contributed by atoms with Crippen molar-refractivity contribution < 1.29 is 19.4 Å². The summed E-state index contributed by atoms with van der Waals surface area (Å²) in [4.78, 5) is 12.7. The molecule has 0 amide bonds. The van der Waals surface area contributed by atoms with Crippen LogP contribution in [-0.4, -0.2) is 29.4 Å². The van der Waals surface area contributed by atoms with E-state index < -0.39 is 5.97 Å². The molecule has 0 aliphatic carbocycles. The number of phenolic OH excluding ortho intramolecular Hbond substituents is 1. The fraction of sp³-hybridized carbons (Fsp3) is 0.250. The zero-order chi connectivity index (χ0) is 23.0. The van der Waals surface area contributed by atoms with Gasteiger partial charge in [-0.2, -0.15) is 5.10 Å². The van der Waals surface area contributed by atoms with Gasteiger partial charge in [0.15, 0.2) is 11.5 Å². The molecule has 31 heavy (non-hydrogen) atoms. The Labute approximate surface area is 188 Å². The molecule has 7 heteroatoms. The number of hydrogen-bond acceptors (Lipinski definition) is 6. The van der Waals surface area contributed by atoms with Gasteiger partial charge in [0.2, 0.25) is 0 Å². The van der Waals surface area contributed by atoms with Gasteiger partial charge in [0.1, 0.15) is 12.4 Å². The van der Waals surface area contributed by atoms with Crippen molar-refractivity contribution in [3.8, 4) is 5.75 Å². The molecule has 0 bridgehead atoms. The smallest absolute Gasteiger partial charge is 0.360 e. The summed E-state index contributed by atoms with van der Waals surface area (Å²) < 4.78 is 11.1. The molecule has 6 nitrogen and oxygen atoms in total. The fourth-order valence-corrected chi connectivity index (χ4v) is 3.28. The van der Waals surface area contributed by atoms with Crippen molar-refractivity contribution in [2.24, 2.45) is 5.10 Å². The Kier molecular flexibility index (Phi) is 8.70. The van der Waals surface area contributed by atoms with Crippen LogP contribution < -0.4 is 0 Å². The SMILES string of the molecule is C/C=N\N1C(C(=O)OC)=C(OCc2ccccc2)c2ccc(Cl)c(O)c2/C1=C\C.CC. The van der Waals surface area contributed by atoms with Crippen molar-refractivity contribution in [3.63, 3.8) is 0 Å². The van der Waals surface area contributed by atoms with Crippen molar-refractivity contribution >= 4 is 35.2 Å². The number of nitrogens with zero attached hydrogens (tertiary/aromatic N) is 2. The number of benzene rings is 2. The maximum absolute atomic E-state index is 12.7. The Bertz CT molecular complexity index is 1010. The molecule has 0 saturated carbocycles. The summed E-state index contributed by atoms with van der Waals surface area (Å²) in [6.07, 6.45) is 3.27. The summed E-state index contributed by atoms with van der Waals surface area (Å²) in [6.45, 7) is 7.72. The van der Waals surface area contributed by atoms with E-state index in [-0.39, 0.29) is 28.8 Å². The Morgan fingerprint density at radius 1 is 1.16 bits per heavy atom. The number of rotatable bonds is 5. The van der Waals surface area contributed by atoms with Gasteiger partial charge in [-0.15, -0.1) is 0 Å². The number of ether oxygens (including phenoxy) is 2. The van der Waals surface area contributed by atoms with E-state index in [4.69, 9.17) is 21.1 Å². The van der Waals surface area contributed by atoms with Crippen molar-refractivity contribution in [1.29, 1.82) is 0 Å². The Balaban J connectivity index is 0.00000166. The van der Waals surface area contributed by atoms with Crippen molar-refractivity contribution in [2.75, 3.05) is 7.11 Å². The molecular formula is C24H27ClN2O4. The van der Waals surface area contributed by atoms with Gasteiger partial charge in [-0.1, -0.05) is 61.9 Å². The van der Waals surface area contributed by atoms with Crippen molar-refractivity contribution in [2.45, 2.75) is 34.3 Å². The number of fused-ring (bicyclic) bond motifs is 1. The molecule has 0 saturated heterocycles. The first kappa shape index (κ1) is 24.0. The summed E-state index contributed by atoms with van der Waals surface area (Å²) >= 11 is 6.16. The highest BCUT2D eigenvalue weighted by atomic mass is 35.5. The molecule has 3 rings (SSSR count). The van der Waals surface area contributed by atoms with Gasteiger partial charge < -0.3 is 14.6 Å². The predicted octanol–water partition coefficient (Wildman–Crippen LogP) is 5.81. The largest absolute Gasteiger partial charge is 0.506 e. The molecule has 1 aliphatic rings. The number of allylic oxidation sites excluding steroid dienone is 1. The Morgan fingerprint density at radius 2 is 1.84 bits per heavy atom. The maximum Gasteiger partial charge on any atom is 0.360 e. The monoisotopic (exact) mass is 442 g/mol. The Morgan fingerprint density at radius 3 is 2.42 bits per heavy atom. The van der Waals surface area contributed by atoms with Crippen LogP contribution in [0.1, 0.15) is 44.4 Å². The van der Waals surface area contributed by atoms with Gasteiger partial charge in [0.25, 0.3) is 0 Å². The van der Waals surface area contributed by atoms with E-state index in [0.29, 0.717) is 16.8 Å². The number of methoxy groups -OCH3 is 1. The van der Waals surface area contributed by atoms with Crippen LogP contribution in [0.5, 0.6) is 5.75 Å². The number of phenols is 1. The molecule has 2 aromatic carbocycles. The number of hydrogen-bond donors (Lipinski definition) is 1. The van der Waals surface area contributed by atoms with E-state index in [0.717, 1.165) is 5.56 Å². The van der Waals surface area contributed by atoms with E-state index in [1.807, 2.05) is 44.2 Å². The van der Waals surface area contributed by atoms with Crippen LogP contribution in [0.4, 0.5) is 0 Å². The quantitative estimate of drug-likeness (QED) is 0.467. The minimum Gasteiger partial charge on any atom is -0.506 e. The fourth-order valence-electron chi connectivity index (χ4n) is 3.12. The molecule has 0 radical (unpaired) electrons. The zero-order valence-corrected chi connectivity index (χ0v) is 19.1. The Hall–Kier alpha value is -3.25. The number of aromatic hydroxyl groups is 1. The molecule has 0 atom stereocenters. The molecular weight excluding hydrogens is 416 g/mol. The lowest BCUT2D eigenvalue weighted by atomic mass is 9.95. The van der Waals surface area contributed by atoms with Gasteiger partial charge in [-0.05, 0) is 31.5 Å². The molecule has 1 N–H and O–H groups in total. The highest BCUT2D eigenvalue weighted by molar-refractivity contribution is 6.32. The highest BCUT2D eigenvalue weighted by Crippen LogP contribution is 2.46. The topological polar surface area (TPSA) is 71.4 Å². The molecule has 1 heterocycles. The van der Waals surface area contributed by atoms with Crippen molar-refractivity contribution in [1.82, 2.24) is 5.01 Å². The van der Waals surface area contributed by atoms with E-state index in [9.17, 15) is 9.90 Å². The van der Waals surface area contributed by atoms with E-state index in [2.05, 4.69) is 5.10 Å². The van der Waals surface area contributed by atoms with Crippen LogP contribution in [-0.2, 0) is 20.9 Å². The summed E-state index contributed by atoms with van der Waals surface area (Å²) in [5, 5.41) is 16.6. The minimum atomic E-state index is -0.613. The lowest BCUT2D eigenvalue weighted by Gasteiger charge is -2.32.